The maximum Gasteiger partial charge on any atom is 0.303 e. The highest BCUT2D eigenvalue weighted by atomic mass is 16.8. The van der Waals surface area contributed by atoms with Gasteiger partial charge in [0.25, 0.3) is 0 Å². The first-order valence-corrected chi connectivity index (χ1v) is 21.2. The van der Waals surface area contributed by atoms with Gasteiger partial charge in [-0.05, 0) is 5.56 Å². The van der Waals surface area contributed by atoms with Crippen molar-refractivity contribution in [3.63, 3.8) is 0 Å². The number of carbonyl (C=O) groups excluding carboxylic acids is 9. The van der Waals surface area contributed by atoms with Gasteiger partial charge in [0.05, 0.1) is 13.2 Å². The smallest absolute Gasteiger partial charge is 0.303 e. The van der Waals surface area contributed by atoms with Crippen LogP contribution in [0, 0.1) is 0 Å². The quantitative estimate of drug-likeness (QED) is 0.129. The summed E-state index contributed by atoms with van der Waals surface area (Å²) in [5.74, 6) is -8.11. The van der Waals surface area contributed by atoms with Gasteiger partial charge >= 0.3 is 47.8 Å². The fourth-order valence-corrected chi connectivity index (χ4v) is 7.54. The molecule has 3 fully saturated rings. The Hall–Kier alpha value is -5.83. The van der Waals surface area contributed by atoms with Crippen molar-refractivity contribution in [3.05, 3.63) is 35.9 Å². The van der Waals surface area contributed by atoms with Crippen molar-refractivity contribution < 1.29 is 115 Å². The van der Waals surface area contributed by atoms with Crippen LogP contribution in [-0.4, -0.2) is 171 Å². The van der Waals surface area contributed by atoms with E-state index < -0.39 is 166 Å². The fourth-order valence-electron chi connectivity index (χ4n) is 7.54. The molecule has 15 atom stereocenters. The van der Waals surface area contributed by atoms with E-state index in [1.807, 2.05) is 0 Å². The van der Waals surface area contributed by atoms with Crippen LogP contribution in [0.2, 0.25) is 0 Å². The van der Waals surface area contributed by atoms with Crippen LogP contribution in [0.5, 0.6) is 0 Å². The standard InChI is InChI=1S/C43H57NO24/c1-19(45)44-32-36(68-43-40(63-27(9)53)38(61-25(7)51)35(59-23(5)49)31(66-43)18-57-21(3)47)33(29(64-41(32)54)16-55-15-28-13-11-10-12-14-28)67-42-39(62-26(8)52)37(60-24(6)50)34(58-22(4)48)30(65-42)17-56-20(2)46/h10-14,29-43,54H,15-18H2,1-9H3,(H,44,45)/t29-,30-,31-,32-,33-,34-,35-,36-,37+,38+,39-,40-,41-,42+,43+/m1/s1. The van der Waals surface area contributed by atoms with Gasteiger partial charge in [0.1, 0.15) is 49.8 Å². The lowest BCUT2D eigenvalue weighted by Crippen LogP contribution is -2.70. The van der Waals surface area contributed by atoms with Gasteiger partial charge in [-0.25, -0.2) is 0 Å². The predicted molar refractivity (Wildman–Crippen MR) is 218 cm³/mol. The molecule has 3 aliphatic heterocycles. The predicted octanol–water partition coefficient (Wildman–Crippen LogP) is -0.638. The first-order chi connectivity index (χ1) is 32.0. The Morgan fingerprint density at radius 1 is 0.471 bits per heavy atom. The van der Waals surface area contributed by atoms with Gasteiger partial charge < -0.3 is 76.7 Å². The normalized spacial score (nSPS) is 31.1. The summed E-state index contributed by atoms with van der Waals surface area (Å²) in [5, 5.41) is 14.2. The second-order valence-electron chi connectivity index (χ2n) is 15.6. The Balaban J connectivity index is 1.95. The molecule has 0 bridgehead atoms. The molecular weight excluding hydrogens is 914 g/mol. The van der Waals surface area contributed by atoms with Crippen LogP contribution in [-0.2, 0) is 116 Å². The topological polar surface area (TPSA) is 315 Å². The van der Waals surface area contributed by atoms with Crippen molar-refractivity contribution in [2.45, 2.75) is 161 Å². The second-order valence-corrected chi connectivity index (χ2v) is 15.6. The zero-order chi connectivity index (χ0) is 50.4. The molecule has 3 aliphatic rings. The number of benzene rings is 1. The highest BCUT2D eigenvalue weighted by Gasteiger charge is 2.59. The molecule has 378 valence electrons. The molecule has 25 nitrogen and oxygen atoms in total. The Labute approximate surface area is 389 Å². The van der Waals surface area contributed by atoms with Crippen molar-refractivity contribution in [2.75, 3.05) is 19.8 Å². The molecule has 0 unspecified atom stereocenters. The number of rotatable bonds is 19. The SMILES string of the molecule is CC(=O)N[C@@H]1[C@@H](O[C@@H]2O[C@H](COC(C)=O)[C@@H](OC(C)=O)[C@H](OC(C)=O)[C@H]2OC(C)=O)[C@H](O[C@@H]2O[C@H](COC(C)=O)[C@@H](OC(C)=O)[C@H](OC(C)=O)[C@H]2OC(C)=O)[C@@H](COCc2ccccc2)O[C@H]1O. The zero-order valence-electron chi connectivity index (χ0n) is 38.7. The van der Waals surface area contributed by atoms with Crippen LogP contribution in [0.1, 0.15) is 67.9 Å². The molecule has 3 heterocycles. The molecule has 1 aromatic rings. The number of esters is 8. The highest BCUT2D eigenvalue weighted by Crippen LogP contribution is 2.37. The number of amides is 1. The maximum atomic E-state index is 12.9. The number of carbonyl (C=O) groups is 9. The summed E-state index contributed by atoms with van der Waals surface area (Å²) < 4.78 is 81.4. The van der Waals surface area contributed by atoms with Crippen LogP contribution in [0.3, 0.4) is 0 Å². The van der Waals surface area contributed by atoms with Gasteiger partial charge in [0, 0.05) is 62.3 Å². The van der Waals surface area contributed by atoms with Gasteiger partial charge in [-0.3, -0.25) is 43.2 Å². The average molecular weight is 972 g/mol. The number of aliphatic hydroxyl groups excluding tert-OH is 1. The summed E-state index contributed by atoms with van der Waals surface area (Å²) in [6.45, 7) is 7.47. The highest BCUT2D eigenvalue weighted by molar-refractivity contribution is 5.73. The van der Waals surface area contributed by atoms with E-state index in [2.05, 4.69) is 5.32 Å². The molecule has 0 aliphatic carbocycles. The minimum absolute atomic E-state index is 0.0388. The molecule has 25 heteroatoms. The van der Waals surface area contributed by atoms with E-state index in [0.717, 1.165) is 62.3 Å². The average Bonchev–Trinajstić information content (AvgIpc) is 3.22. The van der Waals surface area contributed by atoms with Crippen molar-refractivity contribution in [3.8, 4) is 0 Å². The number of ether oxygens (including phenoxy) is 14. The van der Waals surface area contributed by atoms with Gasteiger partial charge in [-0.1, -0.05) is 30.3 Å². The van der Waals surface area contributed by atoms with E-state index in [0.29, 0.717) is 5.56 Å². The summed E-state index contributed by atoms with van der Waals surface area (Å²) in [6.07, 6.45) is -24.3. The largest absolute Gasteiger partial charge is 0.463 e. The first-order valence-electron chi connectivity index (χ1n) is 21.2. The molecule has 4 rings (SSSR count). The minimum atomic E-state index is -1.98. The molecule has 68 heavy (non-hydrogen) atoms. The molecule has 0 aromatic heterocycles. The van der Waals surface area contributed by atoms with E-state index in [1.165, 1.54) is 0 Å². The molecule has 0 saturated carbocycles. The Morgan fingerprint density at radius 3 is 1.25 bits per heavy atom. The molecule has 3 saturated heterocycles. The van der Waals surface area contributed by atoms with Gasteiger partial charge in [0.15, 0.2) is 55.5 Å². The van der Waals surface area contributed by atoms with Crippen molar-refractivity contribution in [1.82, 2.24) is 5.32 Å². The summed E-state index contributed by atoms with van der Waals surface area (Å²) >= 11 is 0. The van der Waals surface area contributed by atoms with Gasteiger partial charge in [-0.2, -0.15) is 0 Å². The zero-order valence-corrected chi connectivity index (χ0v) is 38.7. The summed E-state index contributed by atoms with van der Waals surface area (Å²) in [6, 6.07) is 7.12. The van der Waals surface area contributed by atoms with Gasteiger partial charge in [0.2, 0.25) is 5.91 Å². The van der Waals surface area contributed by atoms with E-state index in [-0.39, 0.29) is 6.61 Å². The monoisotopic (exact) mass is 971 g/mol. The third-order valence-corrected chi connectivity index (χ3v) is 9.91. The van der Waals surface area contributed by atoms with E-state index in [9.17, 15) is 48.3 Å². The maximum absolute atomic E-state index is 12.9. The first kappa shape index (κ1) is 54.8. The van der Waals surface area contributed by atoms with Gasteiger partial charge in [-0.15, -0.1) is 0 Å². The number of hydrogen-bond donors (Lipinski definition) is 2. The number of aliphatic hydroxyl groups is 1. The lowest BCUT2D eigenvalue weighted by Gasteiger charge is -2.50. The Morgan fingerprint density at radius 2 is 0.853 bits per heavy atom. The summed E-state index contributed by atoms with van der Waals surface area (Å²) in [7, 11) is 0. The minimum Gasteiger partial charge on any atom is -0.463 e. The van der Waals surface area contributed by atoms with Crippen LogP contribution < -0.4 is 5.32 Å². The van der Waals surface area contributed by atoms with E-state index in [1.54, 1.807) is 30.3 Å². The lowest BCUT2D eigenvalue weighted by molar-refractivity contribution is -0.373. The Bertz CT molecular complexity index is 1950. The van der Waals surface area contributed by atoms with E-state index in [4.69, 9.17) is 66.3 Å². The van der Waals surface area contributed by atoms with Crippen molar-refractivity contribution in [2.24, 2.45) is 0 Å². The molecule has 0 spiro atoms. The van der Waals surface area contributed by atoms with Crippen LogP contribution in [0.15, 0.2) is 30.3 Å². The lowest BCUT2D eigenvalue weighted by atomic mass is 9.94. The molecular formula is C43H57NO24. The Kier molecular flexibility index (Phi) is 20.5. The number of hydrogen-bond acceptors (Lipinski definition) is 24. The fraction of sp³-hybridized carbons (Fsp3) is 0.651. The molecule has 1 aromatic carbocycles. The third-order valence-electron chi connectivity index (χ3n) is 9.91. The molecule has 0 radical (unpaired) electrons. The molecule has 2 N–H and O–H groups in total. The summed E-state index contributed by atoms with van der Waals surface area (Å²) in [5.41, 5.74) is 0.697. The van der Waals surface area contributed by atoms with Crippen LogP contribution in [0.25, 0.3) is 0 Å². The summed E-state index contributed by atoms with van der Waals surface area (Å²) in [4.78, 5) is 113. The van der Waals surface area contributed by atoms with Crippen LogP contribution >= 0.6 is 0 Å². The second kappa shape index (κ2) is 25.5. The van der Waals surface area contributed by atoms with Crippen LogP contribution in [0.4, 0.5) is 0 Å². The van der Waals surface area contributed by atoms with E-state index >= 15 is 0 Å². The number of nitrogens with one attached hydrogen (secondary N) is 1. The van der Waals surface area contributed by atoms with Crippen molar-refractivity contribution >= 4 is 53.7 Å². The third kappa shape index (κ3) is 16.2. The van der Waals surface area contributed by atoms with Crippen molar-refractivity contribution in [1.29, 1.82) is 0 Å². The molecule has 1 amide bonds.